The maximum Gasteiger partial charge on any atom is 0.411 e. The molecule has 0 aliphatic heterocycles. The molecule has 4 heteroatoms. The van der Waals surface area contributed by atoms with Gasteiger partial charge in [-0.1, -0.05) is 0 Å². The average Bonchev–Trinajstić information content (AvgIpc) is 1.98. The van der Waals surface area contributed by atoms with E-state index in [1.807, 2.05) is 6.26 Å². The van der Waals surface area contributed by atoms with Gasteiger partial charge in [0.1, 0.15) is 0 Å². The average molecular weight is 161 g/mol. The molecule has 1 N–H and O–H groups in total. The number of carbonyl (C=O) groups is 1. The van der Waals surface area contributed by atoms with Crippen molar-refractivity contribution in [2.75, 3.05) is 19.1 Å². The van der Waals surface area contributed by atoms with Crippen LogP contribution in [0.25, 0.3) is 0 Å². The van der Waals surface area contributed by atoms with Crippen LogP contribution in [0.5, 0.6) is 0 Å². The van der Waals surface area contributed by atoms with E-state index in [-0.39, 0.29) is 0 Å². The minimum absolute atomic E-state index is 0.433. The Balaban J connectivity index is 3.25. The van der Waals surface area contributed by atoms with Crippen LogP contribution >= 0.6 is 11.8 Å². The van der Waals surface area contributed by atoms with Gasteiger partial charge in [0.2, 0.25) is 0 Å². The van der Waals surface area contributed by atoms with Crippen molar-refractivity contribution in [3.05, 3.63) is 12.3 Å². The summed E-state index contributed by atoms with van der Waals surface area (Å²) in [5, 5.41) is 2.32. The fourth-order valence-corrected chi connectivity index (χ4v) is 0.575. The topological polar surface area (TPSA) is 38.3 Å². The van der Waals surface area contributed by atoms with Crippen molar-refractivity contribution in [3.8, 4) is 0 Å². The largest absolute Gasteiger partial charge is 0.419 e. The molecule has 0 heterocycles. The fourth-order valence-electron chi connectivity index (χ4n) is 0.304. The molecule has 0 aromatic rings. The second-order valence-electron chi connectivity index (χ2n) is 1.48. The molecule has 0 bridgehead atoms. The number of hydrogen-bond acceptors (Lipinski definition) is 3. The lowest BCUT2D eigenvalue weighted by molar-refractivity contribution is 0.188. The zero-order valence-electron chi connectivity index (χ0n) is 6.09. The summed E-state index contributed by atoms with van der Waals surface area (Å²) in [7, 11) is 1.52. The van der Waals surface area contributed by atoms with E-state index in [1.54, 1.807) is 17.8 Å². The maximum atomic E-state index is 10.4. The van der Waals surface area contributed by atoms with E-state index >= 15 is 0 Å². The lowest BCUT2D eigenvalue weighted by atomic mass is 10.7. The van der Waals surface area contributed by atoms with Gasteiger partial charge in [0.05, 0.1) is 6.26 Å². The third-order valence-corrected chi connectivity index (χ3v) is 1.26. The molecule has 0 fully saturated rings. The minimum atomic E-state index is -0.433. The van der Waals surface area contributed by atoms with Crippen LogP contribution in [0.15, 0.2) is 12.3 Å². The molecule has 0 radical (unpaired) electrons. The molecule has 58 valence electrons. The van der Waals surface area contributed by atoms with Crippen molar-refractivity contribution in [2.24, 2.45) is 0 Å². The Morgan fingerprint density at radius 3 is 3.00 bits per heavy atom. The zero-order chi connectivity index (χ0) is 7.82. The summed E-state index contributed by atoms with van der Waals surface area (Å²) >= 11 is 1.66. The molecular formula is C6H11NO2S. The van der Waals surface area contributed by atoms with E-state index in [2.05, 4.69) is 10.1 Å². The smallest absolute Gasteiger partial charge is 0.411 e. The van der Waals surface area contributed by atoms with Crippen LogP contribution in [-0.2, 0) is 4.74 Å². The Bertz CT molecular complexity index is 125. The highest BCUT2D eigenvalue weighted by atomic mass is 32.2. The number of rotatable bonds is 3. The van der Waals surface area contributed by atoms with Crippen molar-refractivity contribution >= 4 is 17.9 Å². The molecule has 0 saturated heterocycles. The summed E-state index contributed by atoms with van der Waals surface area (Å²) in [4.78, 5) is 10.4. The first-order chi connectivity index (χ1) is 4.81. The highest BCUT2D eigenvalue weighted by molar-refractivity contribution is 7.98. The normalized spacial score (nSPS) is 9.80. The van der Waals surface area contributed by atoms with Gasteiger partial charge in [-0.05, 0) is 12.3 Å². The lowest BCUT2D eigenvalue weighted by Crippen LogP contribution is -2.16. The molecule has 0 saturated carbocycles. The van der Waals surface area contributed by atoms with Crippen LogP contribution in [0, 0.1) is 0 Å². The highest BCUT2D eigenvalue weighted by Gasteiger charge is 1.89. The minimum Gasteiger partial charge on any atom is -0.419 e. The Morgan fingerprint density at radius 1 is 1.80 bits per heavy atom. The van der Waals surface area contributed by atoms with Gasteiger partial charge in [-0.2, -0.15) is 11.8 Å². The number of alkyl carbamates (subject to hydrolysis) is 1. The molecule has 0 aromatic heterocycles. The van der Waals surface area contributed by atoms with Crippen molar-refractivity contribution in [1.29, 1.82) is 0 Å². The number of amides is 1. The van der Waals surface area contributed by atoms with Crippen molar-refractivity contribution < 1.29 is 9.53 Å². The van der Waals surface area contributed by atoms with E-state index in [4.69, 9.17) is 0 Å². The van der Waals surface area contributed by atoms with Gasteiger partial charge in [0.25, 0.3) is 0 Å². The quantitative estimate of drug-likeness (QED) is 0.632. The van der Waals surface area contributed by atoms with Gasteiger partial charge in [-0.3, -0.25) is 0 Å². The molecule has 3 nitrogen and oxygen atoms in total. The summed E-state index contributed by atoms with van der Waals surface area (Å²) in [5.41, 5.74) is 0. The zero-order valence-corrected chi connectivity index (χ0v) is 6.90. The van der Waals surface area contributed by atoms with Crippen LogP contribution in [0.4, 0.5) is 4.79 Å². The van der Waals surface area contributed by atoms with Crippen LogP contribution in [0.1, 0.15) is 0 Å². The van der Waals surface area contributed by atoms with Crippen molar-refractivity contribution in [3.63, 3.8) is 0 Å². The van der Waals surface area contributed by atoms with Crippen molar-refractivity contribution in [1.82, 2.24) is 5.32 Å². The van der Waals surface area contributed by atoms with Crippen LogP contribution in [0.2, 0.25) is 0 Å². The van der Waals surface area contributed by atoms with Crippen LogP contribution in [0.3, 0.4) is 0 Å². The van der Waals surface area contributed by atoms with E-state index < -0.39 is 6.09 Å². The summed E-state index contributed by atoms with van der Waals surface area (Å²) in [6, 6.07) is 0. The van der Waals surface area contributed by atoms with E-state index in [0.717, 1.165) is 5.75 Å². The molecule has 0 atom stereocenters. The summed E-state index contributed by atoms with van der Waals surface area (Å²) in [5.74, 6) is 0.858. The number of ether oxygens (including phenoxy) is 1. The Labute approximate surface area is 64.8 Å². The highest BCUT2D eigenvalue weighted by Crippen LogP contribution is 1.91. The third-order valence-electron chi connectivity index (χ3n) is 0.738. The molecule has 1 amide bonds. The molecular weight excluding hydrogens is 150 g/mol. The molecule has 0 aliphatic rings. The second kappa shape index (κ2) is 6.48. The summed E-state index contributed by atoms with van der Waals surface area (Å²) < 4.78 is 4.55. The Morgan fingerprint density at radius 2 is 2.50 bits per heavy atom. The lowest BCUT2D eigenvalue weighted by Gasteiger charge is -1.94. The van der Waals surface area contributed by atoms with Gasteiger partial charge < -0.3 is 10.1 Å². The Hall–Kier alpha value is -0.640. The molecule has 0 spiro atoms. The number of hydrogen-bond donors (Lipinski definition) is 1. The molecule has 0 unspecified atom stereocenters. The predicted octanol–water partition coefficient (Wildman–Crippen LogP) is 1.22. The van der Waals surface area contributed by atoms with Gasteiger partial charge >= 0.3 is 6.09 Å². The Kier molecular flexibility index (Phi) is 6.06. The second-order valence-corrected chi connectivity index (χ2v) is 2.39. The number of thioether (sulfide) groups is 1. The standard InChI is InChI=1S/C6H11NO2S/c1-7-6(8)9-4-3-5-10-2/h3-4H,5H2,1-2H3,(H,7,8)/b4-3-. The van der Waals surface area contributed by atoms with E-state index in [0.29, 0.717) is 0 Å². The van der Waals surface area contributed by atoms with Crippen LogP contribution < -0.4 is 5.32 Å². The third kappa shape index (κ3) is 5.50. The first-order valence-corrected chi connectivity index (χ1v) is 4.23. The summed E-state index contributed by atoms with van der Waals surface area (Å²) in [6.45, 7) is 0. The van der Waals surface area contributed by atoms with Crippen LogP contribution in [-0.4, -0.2) is 25.1 Å². The monoisotopic (exact) mass is 161 g/mol. The van der Waals surface area contributed by atoms with Gasteiger partial charge in [-0.15, -0.1) is 0 Å². The van der Waals surface area contributed by atoms with Gasteiger partial charge in [0.15, 0.2) is 0 Å². The SMILES string of the molecule is CNC(=O)O/C=C\CSC. The van der Waals surface area contributed by atoms with E-state index in [1.165, 1.54) is 13.3 Å². The summed E-state index contributed by atoms with van der Waals surface area (Å²) in [6.07, 6.45) is 4.71. The molecule has 0 aliphatic carbocycles. The molecule has 10 heavy (non-hydrogen) atoms. The van der Waals surface area contributed by atoms with Crippen molar-refractivity contribution in [2.45, 2.75) is 0 Å². The van der Waals surface area contributed by atoms with Gasteiger partial charge in [-0.25, -0.2) is 4.79 Å². The number of nitrogens with one attached hydrogen (secondary N) is 1. The molecule has 0 rings (SSSR count). The van der Waals surface area contributed by atoms with Gasteiger partial charge in [0, 0.05) is 12.8 Å². The number of carbonyl (C=O) groups excluding carboxylic acids is 1. The first-order valence-electron chi connectivity index (χ1n) is 2.83. The van der Waals surface area contributed by atoms with E-state index in [9.17, 15) is 4.79 Å². The first kappa shape index (κ1) is 9.36. The fraction of sp³-hybridized carbons (Fsp3) is 0.500. The maximum absolute atomic E-state index is 10.4. The molecule has 0 aromatic carbocycles. The predicted molar refractivity (Wildman–Crippen MR) is 43.1 cm³/mol.